The minimum atomic E-state index is -0.586. The number of carbonyl (C=O) groups is 2. The van der Waals surface area contributed by atoms with E-state index in [2.05, 4.69) is 52.8 Å². The van der Waals surface area contributed by atoms with Crippen molar-refractivity contribution in [2.75, 3.05) is 53.0 Å². The van der Waals surface area contributed by atoms with Gasteiger partial charge in [0.2, 0.25) is 5.91 Å². The van der Waals surface area contributed by atoms with Crippen LogP contribution in [0.4, 0.5) is 0 Å². The van der Waals surface area contributed by atoms with Crippen LogP contribution >= 0.6 is 0 Å². The number of nitriles is 1. The Balaban J connectivity index is 1.31. The summed E-state index contributed by atoms with van der Waals surface area (Å²) >= 11 is 0. The highest BCUT2D eigenvalue weighted by molar-refractivity contribution is 5.97. The second-order valence-corrected chi connectivity index (χ2v) is 10.3. The number of hydrogen-bond donors (Lipinski definition) is 2. The summed E-state index contributed by atoms with van der Waals surface area (Å²) in [6, 6.07) is 17.2. The molecular formula is C30H39N5O3. The lowest BCUT2D eigenvalue weighted by Gasteiger charge is -2.36. The van der Waals surface area contributed by atoms with E-state index in [0.717, 1.165) is 39.0 Å². The summed E-state index contributed by atoms with van der Waals surface area (Å²) in [4.78, 5) is 30.6. The van der Waals surface area contributed by atoms with Crippen molar-refractivity contribution >= 4 is 11.8 Å². The Morgan fingerprint density at radius 1 is 1.08 bits per heavy atom. The van der Waals surface area contributed by atoms with Gasteiger partial charge in [-0.2, -0.15) is 5.26 Å². The minimum absolute atomic E-state index is 0.0256. The van der Waals surface area contributed by atoms with E-state index >= 15 is 0 Å². The van der Waals surface area contributed by atoms with Gasteiger partial charge in [0.15, 0.2) is 0 Å². The molecule has 202 valence electrons. The lowest BCUT2D eigenvalue weighted by molar-refractivity contribution is -0.135. The monoisotopic (exact) mass is 517 g/mol. The second-order valence-electron chi connectivity index (χ2n) is 10.3. The second kappa shape index (κ2) is 13.5. The number of nitrogens with zero attached hydrogens (tertiary/aromatic N) is 3. The molecule has 2 aliphatic rings. The van der Waals surface area contributed by atoms with Crippen LogP contribution in [0.1, 0.15) is 52.2 Å². The summed E-state index contributed by atoms with van der Waals surface area (Å²) in [5, 5.41) is 15.6. The average molecular weight is 518 g/mol. The molecule has 1 aliphatic heterocycles. The van der Waals surface area contributed by atoms with Crippen molar-refractivity contribution in [2.24, 2.45) is 0 Å². The van der Waals surface area contributed by atoms with Gasteiger partial charge in [-0.1, -0.05) is 29.8 Å². The molecule has 8 heteroatoms. The van der Waals surface area contributed by atoms with Gasteiger partial charge >= 0.3 is 0 Å². The van der Waals surface area contributed by atoms with Gasteiger partial charge in [-0.3, -0.25) is 14.5 Å². The summed E-state index contributed by atoms with van der Waals surface area (Å²) < 4.78 is 5.18. The van der Waals surface area contributed by atoms with Crippen molar-refractivity contribution in [3.05, 3.63) is 70.8 Å². The maximum Gasteiger partial charge on any atom is 0.251 e. The first-order valence-electron chi connectivity index (χ1n) is 13.6. The van der Waals surface area contributed by atoms with E-state index < -0.39 is 6.04 Å². The topological polar surface area (TPSA) is 97.7 Å². The lowest BCUT2D eigenvalue weighted by atomic mass is 10.1. The molecule has 2 fully saturated rings. The van der Waals surface area contributed by atoms with E-state index in [-0.39, 0.29) is 11.8 Å². The number of aryl methyl sites for hydroxylation is 1. The van der Waals surface area contributed by atoms with Crippen molar-refractivity contribution in [2.45, 2.75) is 44.2 Å². The third-order valence-corrected chi connectivity index (χ3v) is 7.55. The molecule has 1 saturated heterocycles. The third-order valence-electron chi connectivity index (χ3n) is 7.55. The average Bonchev–Trinajstić information content (AvgIpc) is 3.73. The van der Waals surface area contributed by atoms with Crippen LogP contribution in [0, 0.1) is 18.3 Å². The molecule has 8 nitrogen and oxygen atoms in total. The van der Waals surface area contributed by atoms with Crippen molar-refractivity contribution in [3.8, 4) is 6.07 Å². The number of amides is 2. The van der Waals surface area contributed by atoms with Gasteiger partial charge in [0.05, 0.1) is 18.2 Å². The Morgan fingerprint density at radius 3 is 2.45 bits per heavy atom. The molecule has 1 aliphatic carbocycles. The Kier molecular flexibility index (Phi) is 9.88. The van der Waals surface area contributed by atoms with Crippen LogP contribution in [-0.2, 0) is 9.53 Å². The molecule has 2 aromatic rings. The zero-order valence-electron chi connectivity index (χ0n) is 22.5. The van der Waals surface area contributed by atoms with Gasteiger partial charge in [-0.15, -0.1) is 0 Å². The minimum Gasteiger partial charge on any atom is -0.383 e. The Labute approximate surface area is 225 Å². The molecule has 4 rings (SSSR count). The predicted octanol–water partition coefficient (Wildman–Crippen LogP) is 2.68. The fraction of sp³-hybridized carbons (Fsp3) is 0.500. The van der Waals surface area contributed by atoms with Crippen molar-refractivity contribution in [1.29, 1.82) is 5.26 Å². The maximum absolute atomic E-state index is 13.5. The van der Waals surface area contributed by atoms with E-state index in [0.29, 0.717) is 49.2 Å². The van der Waals surface area contributed by atoms with Gasteiger partial charge in [0.25, 0.3) is 5.91 Å². The van der Waals surface area contributed by atoms with Crippen molar-refractivity contribution in [1.82, 2.24) is 20.4 Å². The van der Waals surface area contributed by atoms with Crippen molar-refractivity contribution < 1.29 is 14.3 Å². The largest absolute Gasteiger partial charge is 0.383 e. The van der Waals surface area contributed by atoms with Crippen LogP contribution in [0.25, 0.3) is 0 Å². The fourth-order valence-corrected chi connectivity index (χ4v) is 5.02. The predicted molar refractivity (Wildman–Crippen MR) is 147 cm³/mol. The highest BCUT2D eigenvalue weighted by atomic mass is 16.5. The van der Waals surface area contributed by atoms with E-state index in [9.17, 15) is 9.59 Å². The molecule has 3 atom stereocenters. The summed E-state index contributed by atoms with van der Waals surface area (Å²) in [5.74, 6) is 0.238. The van der Waals surface area contributed by atoms with E-state index in [1.165, 1.54) is 11.1 Å². The van der Waals surface area contributed by atoms with Crippen LogP contribution in [0.3, 0.4) is 0 Å². The van der Waals surface area contributed by atoms with Crippen LogP contribution in [-0.4, -0.2) is 86.7 Å². The molecule has 0 spiro atoms. The summed E-state index contributed by atoms with van der Waals surface area (Å²) in [5.41, 5.74) is 3.59. The van der Waals surface area contributed by atoms with Crippen LogP contribution in [0.15, 0.2) is 48.5 Å². The zero-order chi connectivity index (χ0) is 26.9. The third kappa shape index (κ3) is 7.64. The summed E-state index contributed by atoms with van der Waals surface area (Å²) in [6.45, 7) is 7.32. The highest BCUT2D eigenvalue weighted by Gasteiger charge is 2.37. The number of nitrogens with one attached hydrogen (secondary N) is 2. The Hall–Kier alpha value is -3.25. The highest BCUT2D eigenvalue weighted by Crippen LogP contribution is 2.40. The number of piperazine rings is 1. The van der Waals surface area contributed by atoms with Gasteiger partial charge in [-0.05, 0) is 62.6 Å². The van der Waals surface area contributed by atoms with Gasteiger partial charge in [0, 0.05) is 57.4 Å². The molecule has 2 N–H and O–H groups in total. The number of methoxy groups -OCH3 is 1. The molecule has 2 aromatic carbocycles. The SMILES string of the molecule is COCCN1CCN(C(=O)[C@H](CCCN[C@@H]2C[C@H]2c2ccc(C)cc2)NC(=O)c2ccc(C#N)cc2)CC1. The molecule has 0 aromatic heterocycles. The first-order chi connectivity index (χ1) is 18.5. The van der Waals surface area contributed by atoms with E-state index in [4.69, 9.17) is 10.00 Å². The molecule has 1 heterocycles. The number of benzene rings is 2. The number of carbonyl (C=O) groups excluding carboxylic acids is 2. The summed E-state index contributed by atoms with van der Waals surface area (Å²) in [7, 11) is 1.70. The van der Waals surface area contributed by atoms with E-state index in [1.54, 1.807) is 31.4 Å². The summed E-state index contributed by atoms with van der Waals surface area (Å²) in [6.07, 6.45) is 2.49. The smallest absolute Gasteiger partial charge is 0.251 e. The first kappa shape index (κ1) is 27.8. The van der Waals surface area contributed by atoms with Gasteiger partial charge in [0.1, 0.15) is 6.04 Å². The maximum atomic E-state index is 13.5. The molecule has 0 bridgehead atoms. The lowest BCUT2D eigenvalue weighted by Crippen LogP contribution is -2.55. The zero-order valence-corrected chi connectivity index (χ0v) is 22.5. The fourth-order valence-electron chi connectivity index (χ4n) is 5.02. The Morgan fingerprint density at radius 2 is 1.79 bits per heavy atom. The van der Waals surface area contributed by atoms with E-state index in [1.807, 2.05) is 4.90 Å². The Bertz CT molecular complexity index is 1100. The quantitative estimate of drug-likeness (QED) is 0.420. The van der Waals surface area contributed by atoms with Crippen LogP contribution in [0.5, 0.6) is 0 Å². The van der Waals surface area contributed by atoms with Crippen LogP contribution < -0.4 is 10.6 Å². The molecule has 38 heavy (non-hydrogen) atoms. The molecule has 1 saturated carbocycles. The molecular weight excluding hydrogens is 478 g/mol. The van der Waals surface area contributed by atoms with Crippen LogP contribution in [0.2, 0.25) is 0 Å². The molecule has 0 radical (unpaired) electrons. The number of rotatable bonds is 12. The number of ether oxygens (including phenoxy) is 1. The number of hydrogen-bond acceptors (Lipinski definition) is 6. The molecule has 0 unspecified atom stereocenters. The first-order valence-corrected chi connectivity index (χ1v) is 13.6. The normalized spacial score (nSPS) is 20.0. The van der Waals surface area contributed by atoms with Gasteiger partial charge in [-0.25, -0.2) is 0 Å². The molecule has 2 amide bonds. The van der Waals surface area contributed by atoms with Crippen molar-refractivity contribution in [3.63, 3.8) is 0 Å². The standard InChI is InChI=1S/C30H39N5O3/c1-22-5-9-24(10-6-22)26-20-28(26)32-13-3-4-27(33-29(36)25-11-7-23(21-31)8-12-25)30(37)35-16-14-34(15-17-35)18-19-38-2/h5-12,26-28,32H,3-4,13-20H2,1-2H3,(H,33,36)/t26-,27-,28+/m0/s1. The van der Waals surface area contributed by atoms with Gasteiger partial charge < -0.3 is 20.3 Å².